The number of aryl methyl sites for hydroxylation is 2. The van der Waals surface area contributed by atoms with Crippen molar-refractivity contribution < 1.29 is 14.3 Å². The van der Waals surface area contributed by atoms with E-state index in [-0.39, 0.29) is 11.8 Å². The van der Waals surface area contributed by atoms with Gasteiger partial charge < -0.3 is 14.4 Å². The summed E-state index contributed by atoms with van der Waals surface area (Å²) in [6, 6.07) is 16.4. The Balaban J connectivity index is 1.39. The number of hydrogen-bond donors (Lipinski definition) is 0. The lowest BCUT2D eigenvalue weighted by Gasteiger charge is -2.26. The molecule has 1 aromatic heterocycles. The highest BCUT2D eigenvalue weighted by Gasteiger charge is 2.31. The molecule has 5 rings (SSSR count). The molecule has 6 nitrogen and oxygen atoms in total. The molecule has 0 spiro atoms. The molecule has 0 atom stereocenters. The summed E-state index contributed by atoms with van der Waals surface area (Å²) in [4.78, 5) is 15.6. The quantitative estimate of drug-likeness (QED) is 0.638. The van der Waals surface area contributed by atoms with Gasteiger partial charge in [0, 0.05) is 25.2 Å². The Kier molecular flexibility index (Phi) is 5.14. The second-order valence-corrected chi connectivity index (χ2v) is 8.45. The van der Waals surface area contributed by atoms with Gasteiger partial charge >= 0.3 is 0 Å². The van der Waals surface area contributed by atoms with Gasteiger partial charge in [-0.2, -0.15) is 5.10 Å². The van der Waals surface area contributed by atoms with Crippen molar-refractivity contribution in [3.63, 3.8) is 0 Å². The first kappa shape index (κ1) is 19.7. The minimum atomic E-state index is -0.0283. The van der Waals surface area contributed by atoms with Crippen molar-refractivity contribution in [3.05, 3.63) is 76.6 Å². The zero-order chi connectivity index (χ0) is 21.4. The fourth-order valence-electron chi connectivity index (χ4n) is 4.52. The maximum atomic E-state index is 13.6. The molecular formula is C25H27N3O3. The number of carbonyl (C=O) groups excluding carboxylic acids is 1. The van der Waals surface area contributed by atoms with Crippen LogP contribution in [0.25, 0.3) is 0 Å². The predicted molar refractivity (Wildman–Crippen MR) is 117 cm³/mol. The summed E-state index contributed by atoms with van der Waals surface area (Å²) in [5.74, 6) is 1.66. The van der Waals surface area contributed by atoms with Gasteiger partial charge in [-0.1, -0.05) is 30.3 Å². The van der Waals surface area contributed by atoms with Crippen molar-refractivity contribution in [3.8, 4) is 11.5 Å². The molecule has 0 bridgehead atoms. The summed E-state index contributed by atoms with van der Waals surface area (Å²) in [6.07, 6.45) is 1.60. The molecule has 2 aliphatic rings. The maximum Gasteiger partial charge on any atom is 0.227 e. The van der Waals surface area contributed by atoms with Crippen molar-refractivity contribution in [1.82, 2.24) is 14.7 Å². The van der Waals surface area contributed by atoms with Crippen LogP contribution < -0.4 is 9.47 Å². The van der Waals surface area contributed by atoms with Gasteiger partial charge in [0.1, 0.15) is 13.2 Å². The minimum Gasteiger partial charge on any atom is -0.486 e. The smallest absolute Gasteiger partial charge is 0.227 e. The van der Waals surface area contributed by atoms with Gasteiger partial charge in [-0.05, 0) is 54.7 Å². The lowest BCUT2D eigenvalue weighted by molar-refractivity contribution is -0.136. The topological polar surface area (TPSA) is 56.6 Å². The van der Waals surface area contributed by atoms with Crippen LogP contribution in [0.4, 0.5) is 0 Å². The van der Waals surface area contributed by atoms with Gasteiger partial charge in [0.05, 0.1) is 12.2 Å². The second kappa shape index (κ2) is 8.10. The summed E-state index contributed by atoms with van der Waals surface area (Å²) in [5, 5.41) is 4.59. The highest BCUT2D eigenvalue weighted by Crippen LogP contribution is 2.32. The Bertz CT molecular complexity index is 1080. The van der Waals surface area contributed by atoms with Crippen LogP contribution in [0, 0.1) is 12.8 Å². The lowest BCUT2D eigenvalue weighted by Crippen LogP contribution is -2.36. The first-order chi connectivity index (χ1) is 15.1. The molecule has 0 radical (unpaired) electrons. The Morgan fingerprint density at radius 3 is 2.42 bits per heavy atom. The molecule has 2 aromatic carbocycles. The van der Waals surface area contributed by atoms with E-state index in [1.54, 1.807) is 0 Å². The Labute approximate surface area is 182 Å². The third-order valence-electron chi connectivity index (χ3n) is 6.21. The summed E-state index contributed by atoms with van der Waals surface area (Å²) in [7, 11) is 1.93. The zero-order valence-corrected chi connectivity index (χ0v) is 18.0. The van der Waals surface area contributed by atoms with Crippen LogP contribution in [0.5, 0.6) is 11.5 Å². The average molecular weight is 418 g/mol. The van der Waals surface area contributed by atoms with Gasteiger partial charge in [0.25, 0.3) is 0 Å². The summed E-state index contributed by atoms with van der Waals surface area (Å²) < 4.78 is 13.2. The number of fused-ring (bicyclic) bond motifs is 2. The van der Waals surface area contributed by atoms with E-state index in [1.807, 2.05) is 47.8 Å². The lowest BCUT2D eigenvalue weighted by atomic mass is 10.0. The van der Waals surface area contributed by atoms with Crippen LogP contribution in [0.3, 0.4) is 0 Å². The third kappa shape index (κ3) is 4.02. The fourth-order valence-corrected chi connectivity index (χ4v) is 4.52. The molecule has 1 aliphatic heterocycles. The minimum absolute atomic E-state index is 0.0283. The highest BCUT2D eigenvalue weighted by atomic mass is 16.6. The Morgan fingerprint density at radius 1 is 1.03 bits per heavy atom. The molecule has 31 heavy (non-hydrogen) atoms. The van der Waals surface area contributed by atoms with Gasteiger partial charge in [-0.15, -0.1) is 0 Å². The molecule has 2 heterocycles. The molecule has 3 aromatic rings. The van der Waals surface area contributed by atoms with Crippen LogP contribution in [0.2, 0.25) is 0 Å². The van der Waals surface area contributed by atoms with Crippen LogP contribution in [-0.2, 0) is 37.8 Å². The van der Waals surface area contributed by atoms with E-state index in [4.69, 9.17) is 9.47 Å². The van der Waals surface area contributed by atoms with Crippen LogP contribution >= 0.6 is 0 Å². The molecule has 0 unspecified atom stereocenters. The molecule has 0 N–H and O–H groups in total. The van der Waals surface area contributed by atoms with Crippen molar-refractivity contribution in [1.29, 1.82) is 0 Å². The summed E-state index contributed by atoms with van der Waals surface area (Å²) in [5.41, 5.74) is 5.58. The summed E-state index contributed by atoms with van der Waals surface area (Å²) >= 11 is 0. The SMILES string of the molecule is Cc1cc(CN(Cc2ccc3c(c2)OCCO3)C(=O)C2Cc3ccccc3C2)nn1C. The van der Waals surface area contributed by atoms with Gasteiger partial charge in [-0.25, -0.2) is 0 Å². The number of hydrogen-bond acceptors (Lipinski definition) is 4. The molecule has 1 amide bonds. The van der Waals surface area contributed by atoms with E-state index >= 15 is 0 Å². The monoisotopic (exact) mass is 417 g/mol. The Morgan fingerprint density at radius 2 is 1.74 bits per heavy atom. The van der Waals surface area contributed by atoms with E-state index < -0.39 is 0 Å². The Hall–Kier alpha value is -3.28. The predicted octanol–water partition coefficient (Wildman–Crippen LogP) is 3.44. The second-order valence-electron chi connectivity index (χ2n) is 8.45. The highest BCUT2D eigenvalue weighted by molar-refractivity contribution is 5.80. The molecule has 6 heteroatoms. The van der Waals surface area contributed by atoms with Crippen molar-refractivity contribution in [2.24, 2.45) is 13.0 Å². The van der Waals surface area contributed by atoms with Gasteiger partial charge in [0.15, 0.2) is 11.5 Å². The molecule has 1 aliphatic carbocycles. The van der Waals surface area contributed by atoms with E-state index in [2.05, 4.69) is 29.4 Å². The largest absolute Gasteiger partial charge is 0.486 e. The average Bonchev–Trinajstić information content (AvgIpc) is 3.35. The molecule has 0 saturated heterocycles. The third-order valence-corrected chi connectivity index (χ3v) is 6.21. The van der Waals surface area contributed by atoms with Crippen LogP contribution in [-0.4, -0.2) is 33.8 Å². The number of nitrogens with zero attached hydrogens (tertiary/aromatic N) is 3. The number of carbonyl (C=O) groups is 1. The number of ether oxygens (including phenoxy) is 2. The van der Waals surface area contributed by atoms with Crippen molar-refractivity contribution >= 4 is 5.91 Å². The normalized spacial score (nSPS) is 15.0. The van der Waals surface area contributed by atoms with E-state index in [0.717, 1.165) is 41.3 Å². The van der Waals surface area contributed by atoms with Crippen molar-refractivity contribution in [2.75, 3.05) is 13.2 Å². The first-order valence-corrected chi connectivity index (χ1v) is 10.8. The molecular weight excluding hydrogens is 390 g/mol. The zero-order valence-electron chi connectivity index (χ0n) is 18.0. The van der Waals surface area contributed by atoms with Crippen molar-refractivity contribution in [2.45, 2.75) is 32.9 Å². The van der Waals surface area contributed by atoms with E-state index in [1.165, 1.54) is 11.1 Å². The van der Waals surface area contributed by atoms with E-state index in [9.17, 15) is 4.79 Å². The summed E-state index contributed by atoms with van der Waals surface area (Å²) in [6.45, 7) is 4.14. The number of amides is 1. The molecule has 0 saturated carbocycles. The van der Waals surface area contributed by atoms with Gasteiger partial charge in [0.2, 0.25) is 5.91 Å². The molecule has 0 fully saturated rings. The molecule has 160 valence electrons. The van der Waals surface area contributed by atoms with E-state index in [0.29, 0.717) is 26.3 Å². The maximum absolute atomic E-state index is 13.6. The fraction of sp³-hybridized carbons (Fsp3) is 0.360. The number of rotatable bonds is 5. The van der Waals surface area contributed by atoms with Crippen LogP contribution in [0.1, 0.15) is 28.1 Å². The van der Waals surface area contributed by atoms with Gasteiger partial charge in [-0.3, -0.25) is 9.48 Å². The number of benzene rings is 2. The standard InChI is InChI=1S/C25H27N3O3/c1-17-11-22(26-27(17)2)16-28(15-18-7-8-23-24(12-18)31-10-9-30-23)25(29)21-13-19-5-3-4-6-20(19)14-21/h3-8,11-12,21H,9-10,13-16H2,1-2H3. The van der Waals surface area contributed by atoms with Crippen LogP contribution in [0.15, 0.2) is 48.5 Å². The first-order valence-electron chi connectivity index (χ1n) is 10.8. The number of aromatic nitrogens is 2.